The Labute approximate surface area is 100 Å². The van der Waals surface area contributed by atoms with E-state index in [-0.39, 0.29) is 11.8 Å². The molecule has 0 spiro atoms. The molecule has 0 bridgehead atoms. The van der Waals surface area contributed by atoms with Gasteiger partial charge in [0, 0.05) is 16.6 Å². The first-order valence-electron chi connectivity index (χ1n) is 6.07. The number of nitrogens with two attached hydrogens (primary N) is 1. The minimum Gasteiger partial charge on any atom is -0.369 e. The highest BCUT2D eigenvalue weighted by Gasteiger charge is 2.27. The Hall–Kier alpha value is -1.77. The second kappa shape index (κ2) is 3.62. The zero-order valence-corrected chi connectivity index (χ0v) is 9.92. The van der Waals surface area contributed by atoms with Gasteiger partial charge < -0.3 is 10.7 Å². The number of nitrogens with one attached hydrogen (secondary N) is 1. The van der Waals surface area contributed by atoms with Crippen LogP contribution >= 0.6 is 0 Å². The summed E-state index contributed by atoms with van der Waals surface area (Å²) in [5.41, 5.74) is 10.2. The van der Waals surface area contributed by atoms with Crippen molar-refractivity contribution in [3.63, 3.8) is 0 Å². The maximum absolute atomic E-state index is 11.5. The van der Waals surface area contributed by atoms with Gasteiger partial charge in [-0.05, 0) is 43.9 Å². The summed E-state index contributed by atoms with van der Waals surface area (Å²) in [5.74, 6) is -0.347. The lowest BCUT2D eigenvalue weighted by atomic mass is 9.86. The van der Waals surface area contributed by atoms with E-state index in [4.69, 9.17) is 5.73 Å². The van der Waals surface area contributed by atoms with Crippen molar-refractivity contribution >= 4 is 16.8 Å². The van der Waals surface area contributed by atoms with Gasteiger partial charge in [-0.1, -0.05) is 11.6 Å². The molecule has 0 fully saturated rings. The molecule has 0 radical (unpaired) electrons. The van der Waals surface area contributed by atoms with Gasteiger partial charge in [-0.25, -0.2) is 0 Å². The monoisotopic (exact) mass is 228 g/mol. The summed E-state index contributed by atoms with van der Waals surface area (Å²) in [6.45, 7) is 2.09. The fourth-order valence-electron chi connectivity index (χ4n) is 2.86. The van der Waals surface area contributed by atoms with E-state index < -0.39 is 0 Å². The zero-order valence-electron chi connectivity index (χ0n) is 9.92. The molecule has 1 amide bonds. The Balaban J connectivity index is 2.25. The van der Waals surface area contributed by atoms with Crippen LogP contribution in [0.5, 0.6) is 0 Å². The average molecular weight is 228 g/mol. The number of primary amides is 1. The molecule has 3 N–H and O–H groups in total. The Morgan fingerprint density at radius 2 is 2.29 bits per heavy atom. The number of hydrogen-bond acceptors (Lipinski definition) is 1. The van der Waals surface area contributed by atoms with Gasteiger partial charge in [-0.15, -0.1) is 0 Å². The molecular weight excluding hydrogens is 212 g/mol. The molecule has 3 heteroatoms. The number of benzene rings is 1. The van der Waals surface area contributed by atoms with Crippen LogP contribution in [0.15, 0.2) is 18.2 Å². The minimum atomic E-state index is -0.214. The third-order valence-corrected chi connectivity index (χ3v) is 3.71. The topological polar surface area (TPSA) is 58.9 Å². The molecule has 88 valence electrons. The fourth-order valence-corrected chi connectivity index (χ4v) is 2.86. The van der Waals surface area contributed by atoms with Crippen LogP contribution in [0.2, 0.25) is 0 Å². The van der Waals surface area contributed by atoms with Gasteiger partial charge in [0.2, 0.25) is 5.91 Å². The molecule has 0 unspecified atom stereocenters. The van der Waals surface area contributed by atoms with Crippen molar-refractivity contribution in [1.29, 1.82) is 0 Å². The summed E-state index contributed by atoms with van der Waals surface area (Å²) >= 11 is 0. The number of aryl methyl sites for hydroxylation is 2. The van der Waals surface area contributed by atoms with E-state index in [1.54, 1.807) is 0 Å². The number of carbonyl (C=O) groups is 1. The molecule has 0 saturated heterocycles. The standard InChI is InChI=1S/C14H16N2O/c1-8-5-6-12-11(7-8)9-3-2-4-10(14(15)17)13(9)16-12/h5-7,10,16H,2-4H2,1H3,(H2,15,17)/t10-/m0/s1. The molecule has 2 aromatic rings. The van der Waals surface area contributed by atoms with E-state index >= 15 is 0 Å². The highest BCUT2D eigenvalue weighted by atomic mass is 16.1. The van der Waals surface area contributed by atoms with Crippen molar-refractivity contribution in [3.05, 3.63) is 35.0 Å². The maximum Gasteiger partial charge on any atom is 0.226 e. The van der Waals surface area contributed by atoms with Crippen molar-refractivity contribution in [2.24, 2.45) is 5.73 Å². The van der Waals surface area contributed by atoms with E-state index in [0.717, 1.165) is 30.5 Å². The number of fused-ring (bicyclic) bond motifs is 3. The lowest BCUT2D eigenvalue weighted by molar-refractivity contribution is -0.119. The Bertz CT molecular complexity index is 598. The van der Waals surface area contributed by atoms with Crippen LogP contribution in [0, 0.1) is 6.92 Å². The van der Waals surface area contributed by atoms with Crippen LogP contribution in [-0.2, 0) is 11.2 Å². The average Bonchev–Trinajstić information content (AvgIpc) is 2.66. The predicted molar refractivity (Wildman–Crippen MR) is 67.9 cm³/mol. The molecule has 1 aromatic heterocycles. The lowest BCUT2D eigenvalue weighted by Crippen LogP contribution is -2.24. The van der Waals surface area contributed by atoms with Crippen LogP contribution in [0.1, 0.15) is 35.6 Å². The molecule has 3 nitrogen and oxygen atoms in total. The summed E-state index contributed by atoms with van der Waals surface area (Å²) in [7, 11) is 0. The molecule has 17 heavy (non-hydrogen) atoms. The highest BCUT2D eigenvalue weighted by molar-refractivity contribution is 5.90. The minimum absolute atomic E-state index is 0.133. The summed E-state index contributed by atoms with van der Waals surface area (Å²) in [5, 5.41) is 1.26. The summed E-state index contributed by atoms with van der Waals surface area (Å²) in [6, 6.07) is 6.36. The number of rotatable bonds is 1. The van der Waals surface area contributed by atoms with Crippen molar-refractivity contribution in [2.75, 3.05) is 0 Å². The molecule has 0 aliphatic heterocycles. The molecule has 1 heterocycles. The van der Waals surface area contributed by atoms with E-state index in [2.05, 4.69) is 30.1 Å². The number of hydrogen-bond donors (Lipinski definition) is 2. The second-order valence-electron chi connectivity index (χ2n) is 4.91. The van der Waals surface area contributed by atoms with Crippen LogP contribution in [-0.4, -0.2) is 10.9 Å². The Kier molecular flexibility index (Phi) is 2.21. The van der Waals surface area contributed by atoms with Gasteiger partial charge in [-0.3, -0.25) is 4.79 Å². The molecule has 3 rings (SSSR count). The largest absolute Gasteiger partial charge is 0.369 e. The molecular formula is C14H16N2O. The molecule has 0 saturated carbocycles. The summed E-state index contributed by atoms with van der Waals surface area (Å²) in [6.07, 6.45) is 2.96. The van der Waals surface area contributed by atoms with Crippen LogP contribution in [0.25, 0.3) is 10.9 Å². The third kappa shape index (κ3) is 1.54. The number of aromatic nitrogens is 1. The van der Waals surface area contributed by atoms with Gasteiger partial charge >= 0.3 is 0 Å². The van der Waals surface area contributed by atoms with Crippen LogP contribution in [0.4, 0.5) is 0 Å². The van der Waals surface area contributed by atoms with Crippen molar-refractivity contribution in [2.45, 2.75) is 32.1 Å². The van der Waals surface area contributed by atoms with Crippen molar-refractivity contribution < 1.29 is 4.79 Å². The molecule has 1 aliphatic carbocycles. The second-order valence-corrected chi connectivity index (χ2v) is 4.91. The first-order chi connectivity index (χ1) is 8.16. The molecule has 1 atom stereocenters. The van der Waals surface area contributed by atoms with E-state index in [9.17, 15) is 4.79 Å². The quantitative estimate of drug-likeness (QED) is 0.773. The van der Waals surface area contributed by atoms with Gasteiger partial charge in [0.15, 0.2) is 0 Å². The number of aromatic amines is 1. The van der Waals surface area contributed by atoms with E-state index in [1.807, 2.05) is 0 Å². The molecule has 1 aliphatic rings. The summed E-state index contributed by atoms with van der Waals surface area (Å²) < 4.78 is 0. The van der Waals surface area contributed by atoms with Gasteiger partial charge in [0.1, 0.15) is 0 Å². The zero-order chi connectivity index (χ0) is 12.0. The number of carbonyl (C=O) groups excluding carboxylic acids is 1. The van der Waals surface area contributed by atoms with E-state index in [1.165, 1.54) is 16.5 Å². The highest BCUT2D eigenvalue weighted by Crippen LogP contribution is 2.36. The van der Waals surface area contributed by atoms with Crippen molar-refractivity contribution in [3.8, 4) is 0 Å². The van der Waals surface area contributed by atoms with Crippen molar-refractivity contribution in [1.82, 2.24) is 4.98 Å². The van der Waals surface area contributed by atoms with Crippen LogP contribution in [0.3, 0.4) is 0 Å². The first kappa shape index (κ1) is 10.4. The number of amides is 1. The maximum atomic E-state index is 11.5. The van der Waals surface area contributed by atoms with Gasteiger partial charge in [0.25, 0.3) is 0 Å². The Morgan fingerprint density at radius 3 is 3.06 bits per heavy atom. The van der Waals surface area contributed by atoms with Crippen LogP contribution < -0.4 is 5.73 Å². The smallest absolute Gasteiger partial charge is 0.226 e. The fraction of sp³-hybridized carbons (Fsp3) is 0.357. The van der Waals surface area contributed by atoms with Gasteiger partial charge in [0.05, 0.1) is 5.92 Å². The molecule has 1 aromatic carbocycles. The third-order valence-electron chi connectivity index (χ3n) is 3.71. The SMILES string of the molecule is Cc1ccc2[nH]c3c(c2c1)CCC[C@@H]3C(N)=O. The lowest BCUT2D eigenvalue weighted by Gasteiger charge is -2.19. The normalized spacial score (nSPS) is 19.2. The van der Waals surface area contributed by atoms with Gasteiger partial charge in [-0.2, -0.15) is 0 Å². The Morgan fingerprint density at radius 1 is 1.47 bits per heavy atom. The predicted octanol–water partition coefficient (Wildman–Crippen LogP) is 2.38. The first-order valence-corrected chi connectivity index (χ1v) is 6.07. The number of H-pyrrole nitrogens is 1. The van der Waals surface area contributed by atoms with E-state index in [0.29, 0.717) is 0 Å². The summed E-state index contributed by atoms with van der Waals surface area (Å²) in [4.78, 5) is 14.8.